The summed E-state index contributed by atoms with van der Waals surface area (Å²) in [5.41, 5.74) is 1.79. The van der Waals surface area contributed by atoms with Crippen molar-refractivity contribution in [2.24, 2.45) is 5.16 Å². The highest BCUT2D eigenvalue weighted by molar-refractivity contribution is 5.80. The molecule has 0 atom stereocenters. The summed E-state index contributed by atoms with van der Waals surface area (Å²) in [4.78, 5) is 12.3. The van der Waals surface area contributed by atoms with Crippen LogP contribution in [-0.2, 0) is 19.5 Å². The lowest BCUT2D eigenvalue weighted by Crippen LogP contribution is -2.34. The molecule has 0 saturated carbocycles. The van der Waals surface area contributed by atoms with Gasteiger partial charge in [-0.15, -0.1) is 0 Å². The van der Waals surface area contributed by atoms with Gasteiger partial charge in [-0.2, -0.15) is 18.3 Å². The van der Waals surface area contributed by atoms with Gasteiger partial charge >= 0.3 is 12.3 Å². The summed E-state index contributed by atoms with van der Waals surface area (Å²) in [6.07, 6.45) is -3.60. The number of hydrogen-bond donors (Lipinski definition) is 2. The molecule has 2 rings (SSSR count). The number of unbranched alkanes of at least 4 members (excludes halogenated alkanes) is 1. The summed E-state index contributed by atoms with van der Waals surface area (Å²) in [5.74, 6) is 3.24. The molecule has 1 aromatic heterocycles. The number of halogens is 3. The van der Waals surface area contributed by atoms with E-state index < -0.39 is 12.3 Å². The number of nitrogens with zero attached hydrogens (tertiary/aromatic N) is 4. The highest BCUT2D eigenvalue weighted by Gasteiger charge is 2.26. The fourth-order valence-corrected chi connectivity index (χ4v) is 2.46. The Morgan fingerprint density at radius 3 is 2.83 bits per heavy atom. The van der Waals surface area contributed by atoms with Crippen molar-refractivity contribution < 1.29 is 28.3 Å². The van der Waals surface area contributed by atoms with Gasteiger partial charge in [0.15, 0.2) is 0 Å². The van der Waals surface area contributed by atoms with E-state index in [2.05, 4.69) is 10.3 Å². The third kappa shape index (κ3) is 4.41. The van der Waals surface area contributed by atoms with Gasteiger partial charge in [-0.3, -0.25) is 4.68 Å². The van der Waals surface area contributed by atoms with Gasteiger partial charge in [0.2, 0.25) is 0 Å². The molecule has 0 radical (unpaired) electrons. The number of oxime groups is 1. The first-order valence-corrected chi connectivity index (χ1v) is 7.12. The van der Waals surface area contributed by atoms with Crippen molar-refractivity contribution in [1.29, 1.82) is 0 Å². The molecular formula is C14H15F3N4O3. The molecule has 7 nitrogen and oxygen atoms in total. The fraction of sp³-hybridized carbons (Fsp3) is 0.500. The third-order valence-electron chi connectivity index (χ3n) is 3.50. The Balaban J connectivity index is 2.10. The smallest absolute Gasteiger partial charge is 0.457 e. The minimum Gasteiger partial charge on any atom is -0.465 e. The zero-order valence-electron chi connectivity index (χ0n) is 12.5. The summed E-state index contributed by atoms with van der Waals surface area (Å²) < 4.78 is 37.3. The Morgan fingerprint density at radius 2 is 2.21 bits per heavy atom. The summed E-state index contributed by atoms with van der Waals surface area (Å²) in [5, 5.41) is 25.2. The van der Waals surface area contributed by atoms with E-state index >= 15 is 0 Å². The SMILES string of the molecule is O=C(O)N1CCc2nn(CCCC#CC(F)(F)F)c(C=NO)c2C1. The number of aryl methyl sites for hydroxylation is 1. The third-order valence-corrected chi connectivity index (χ3v) is 3.50. The van der Waals surface area contributed by atoms with Crippen LogP contribution in [0.5, 0.6) is 0 Å². The molecule has 1 aliphatic rings. The van der Waals surface area contributed by atoms with Gasteiger partial charge in [-0.1, -0.05) is 11.1 Å². The maximum Gasteiger partial charge on any atom is 0.457 e. The minimum absolute atomic E-state index is 0.0427. The van der Waals surface area contributed by atoms with Crippen LogP contribution in [0.3, 0.4) is 0 Å². The minimum atomic E-state index is -4.50. The standard InChI is InChI=1S/C14H15F3N4O3/c15-14(16,17)5-2-1-3-6-21-12(8-18-24)10-9-20(13(22)23)7-4-11(10)19-21/h8,24H,1,3-4,6-7,9H2,(H,22,23). The second-order valence-electron chi connectivity index (χ2n) is 5.14. The zero-order valence-corrected chi connectivity index (χ0v) is 12.5. The number of hydrogen-bond acceptors (Lipinski definition) is 4. The van der Waals surface area contributed by atoms with Crippen LogP contribution >= 0.6 is 0 Å². The normalized spacial score (nSPS) is 14.4. The Kier molecular flexibility index (Phi) is 5.33. The second kappa shape index (κ2) is 7.25. The fourth-order valence-electron chi connectivity index (χ4n) is 2.46. The molecule has 2 N–H and O–H groups in total. The van der Waals surface area contributed by atoms with Gasteiger partial charge in [0, 0.05) is 37.4 Å². The summed E-state index contributed by atoms with van der Waals surface area (Å²) in [7, 11) is 0. The van der Waals surface area contributed by atoms with E-state index in [1.54, 1.807) is 0 Å². The number of amides is 1. The van der Waals surface area contributed by atoms with Crippen molar-refractivity contribution in [2.45, 2.75) is 38.5 Å². The Hall–Kier alpha value is -2.70. The van der Waals surface area contributed by atoms with Crippen molar-refractivity contribution in [3.05, 3.63) is 17.0 Å². The summed E-state index contributed by atoms with van der Waals surface area (Å²) in [6.45, 7) is 0.722. The molecule has 0 bridgehead atoms. The second-order valence-corrected chi connectivity index (χ2v) is 5.14. The van der Waals surface area contributed by atoms with Crippen molar-refractivity contribution in [2.75, 3.05) is 6.54 Å². The molecule has 2 heterocycles. The van der Waals surface area contributed by atoms with Gasteiger partial charge < -0.3 is 15.2 Å². The first kappa shape index (κ1) is 17.7. The van der Waals surface area contributed by atoms with Crippen molar-refractivity contribution in [3.63, 3.8) is 0 Å². The molecule has 24 heavy (non-hydrogen) atoms. The molecule has 0 spiro atoms. The van der Waals surface area contributed by atoms with Crippen LogP contribution in [0, 0.1) is 11.8 Å². The average molecular weight is 344 g/mol. The number of carbonyl (C=O) groups is 1. The summed E-state index contributed by atoms with van der Waals surface area (Å²) in [6, 6.07) is 0. The predicted octanol–water partition coefficient (Wildman–Crippen LogP) is 2.07. The Bertz CT molecular complexity index is 701. The molecule has 10 heteroatoms. The van der Waals surface area contributed by atoms with Crippen LogP contribution in [0.2, 0.25) is 0 Å². The first-order chi connectivity index (χ1) is 11.3. The summed E-state index contributed by atoms with van der Waals surface area (Å²) >= 11 is 0. The van der Waals surface area contributed by atoms with E-state index in [0.717, 1.165) is 6.21 Å². The van der Waals surface area contributed by atoms with E-state index in [1.807, 2.05) is 5.92 Å². The lowest BCUT2D eigenvalue weighted by molar-refractivity contribution is -0.0697. The van der Waals surface area contributed by atoms with Crippen molar-refractivity contribution >= 4 is 12.3 Å². The lowest BCUT2D eigenvalue weighted by atomic mass is 10.1. The van der Waals surface area contributed by atoms with E-state index in [0.29, 0.717) is 36.3 Å². The Labute approximate surface area is 135 Å². The van der Waals surface area contributed by atoms with Crippen LogP contribution in [-0.4, -0.2) is 50.0 Å². The van der Waals surface area contributed by atoms with Crippen LogP contribution in [0.1, 0.15) is 29.8 Å². The van der Waals surface area contributed by atoms with E-state index in [-0.39, 0.29) is 19.5 Å². The number of aromatic nitrogens is 2. The number of carboxylic acid groups (broad SMARTS) is 1. The molecule has 0 saturated heterocycles. The van der Waals surface area contributed by atoms with Gasteiger partial charge in [-0.25, -0.2) is 4.79 Å². The van der Waals surface area contributed by atoms with Crippen molar-refractivity contribution in [3.8, 4) is 11.8 Å². The molecule has 0 aromatic carbocycles. The molecule has 1 aliphatic heterocycles. The van der Waals surface area contributed by atoms with E-state index in [9.17, 15) is 18.0 Å². The highest BCUT2D eigenvalue weighted by atomic mass is 19.4. The molecule has 130 valence electrons. The number of rotatable bonds is 4. The predicted molar refractivity (Wildman–Crippen MR) is 76.8 cm³/mol. The van der Waals surface area contributed by atoms with Gasteiger partial charge in [0.05, 0.1) is 24.1 Å². The highest BCUT2D eigenvalue weighted by Crippen LogP contribution is 2.22. The Morgan fingerprint density at radius 1 is 1.46 bits per heavy atom. The average Bonchev–Trinajstić information content (AvgIpc) is 2.83. The van der Waals surface area contributed by atoms with Crippen LogP contribution < -0.4 is 0 Å². The maximum absolute atomic E-state index is 11.9. The topological polar surface area (TPSA) is 91.0 Å². The number of alkyl halides is 3. The van der Waals surface area contributed by atoms with E-state index in [4.69, 9.17) is 10.3 Å². The van der Waals surface area contributed by atoms with Gasteiger partial charge in [-0.05, 0) is 6.42 Å². The van der Waals surface area contributed by atoms with Crippen LogP contribution in [0.25, 0.3) is 0 Å². The zero-order chi connectivity index (χ0) is 17.7. The monoisotopic (exact) mass is 344 g/mol. The van der Waals surface area contributed by atoms with Crippen LogP contribution in [0.4, 0.5) is 18.0 Å². The van der Waals surface area contributed by atoms with Gasteiger partial charge in [0.1, 0.15) is 0 Å². The molecule has 0 fully saturated rings. The molecule has 1 aromatic rings. The maximum atomic E-state index is 11.9. The largest absolute Gasteiger partial charge is 0.465 e. The lowest BCUT2D eigenvalue weighted by Gasteiger charge is -2.23. The van der Waals surface area contributed by atoms with Gasteiger partial charge in [0.25, 0.3) is 0 Å². The molecule has 1 amide bonds. The van der Waals surface area contributed by atoms with Crippen molar-refractivity contribution in [1.82, 2.24) is 14.7 Å². The quantitative estimate of drug-likeness (QED) is 0.288. The first-order valence-electron chi connectivity index (χ1n) is 7.12. The molecule has 0 aliphatic carbocycles. The van der Waals surface area contributed by atoms with Crippen LogP contribution in [0.15, 0.2) is 5.16 Å². The molecule has 0 unspecified atom stereocenters. The molecular weight excluding hydrogens is 329 g/mol. The number of fused-ring (bicyclic) bond motifs is 1. The van der Waals surface area contributed by atoms with E-state index in [1.165, 1.54) is 15.5 Å².